The van der Waals surface area contributed by atoms with E-state index < -0.39 is 0 Å². The number of halogens is 1. The molecular formula is C15H22FN3O. The number of nitrogens with zero attached hydrogens (tertiary/aromatic N) is 1. The Hall–Kier alpha value is -1.46. The summed E-state index contributed by atoms with van der Waals surface area (Å²) >= 11 is 0. The summed E-state index contributed by atoms with van der Waals surface area (Å²) in [6.07, 6.45) is 2.43. The predicted octanol–water partition coefficient (Wildman–Crippen LogP) is 1.84. The van der Waals surface area contributed by atoms with Crippen LogP contribution in [-0.2, 0) is 4.79 Å². The van der Waals surface area contributed by atoms with Gasteiger partial charge in [-0.05, 0) is 50.2 Å². The van der Waals surface area contributed by atoms with Crippen molar-refractivity contribution < 1.29 is 9.18 Å². The third-order valence-corrected chi connectivity index (χ3v) is 3.70. The van der Waals surface area contributed by atoms with E-state index in [0.717, 1.165) is 19.6 Å². The van der Waals surface area contributed by atoms with Crippen molar-refractivity contribution in [1.82, 2.24) is 10.2 Å². The first kappa shape index (κ1) is 14.9. The van der Waals surface area contributed by atoms with Gasteiger partial charge in [0.25, 0.3) is 0 Å². The second-order valence-electron chi connectivity index (χ2n) is 5.11. The van der Waals surface area contributed by atoms with Gasteiger partial charge in [0.05, 0.1) is 6.54 Å². The van der Waals surface area contributed by atoms with Crippen LogP contribution in [0.5, 0.6) is 0 Å². The van der Waals surface area contributed by atoms with Crippen molar-refractivity contribution in [3.8, 4) is 0 Å². The summed E-state index contributed by atoms with van der Waals surface area (Å²) in [5.74, 6) is -0.403. The van der Waals surface area contributed by atoms with Gasteiger partial charge >= 0.3 is 0 Å². The van der Waals surface area contributed by atoms with Crippen molar-refractivity contribution in [2.24, 2.45) is 0 Å². The number of rotatable bonds is 6. The topological polar surface area (TPSA) is 44.4 Å². The maximum atomic E-state index is 12.7. The number of hydrogen-bond acceptors (Lipinski definition) is 3. The molecule has 4 nitrogen and oxygen atoms in total. The molecule has 1 aromatic rings. The maximum Gasteiger partial charge on any atom is 0.238 e. The Bertz CT molecular complexity index is 435. The second kappa shape index (κ2) is 7.36. The van der Waals surface area contributed by atoms with E-state index in [2.05, 4.69) is 22.5 Å². The number of carbonyl (C=O) groups is 1. The lowest BCUT2D eigenvalue weighted by molar-refractivity contribution is -0.115. The number of carbonyl (C=O) groups excluding carboxylic acids is 1. The number of amides is 1. The summed E-state index contributed by atoms with van der Waals surface area (Å²) in [5.41, 5.74) is 0.620. The van der Waals surface area contributed by atoms with E-state index in [1.807, 2.05) is 0 Å². The molecule has 110 valence electrons. The number of anilines is 1. The van der Waals surface area contributed by atoms with E-state index in [-0.39, 0.29) is 18.3 Å². The first-order chi connectivity index (χ1) is 9.69. The largest absolute Gasteiger partial charge is 0.325 e. The fraction of sp³-hybridized carbons (Fsp3) is 0.533. The van der Waals surface area contributed by atoms with Crippen LogP contribution in [0.1, 0.15) is 19.8 Å². The summed E-state index contributed by atoms with van der Waals surface area (Å²) in [4.78, 5) is 14.2. The number of hydrogen-bond donors (Lipinski definition) is 2. The molecule has 1 aliphatic heterocycles. The molecule has 0 spiro atoms. The smallest absolute Gasteiger partial charge is 0.238 e. The Kier molecular flexibility index (Phi) is 5.49. The van der Waals surface area contributed by atoms with Crippen molar-refractivity contribution in [3.05, 3.63) is 30.1 Å². The summed E-state index contributed by atoms with van der Waals surface area (Å²) < 4.78 is 12.7. The van der Waals surface area contributed by atoms with Gasteiger partial charge in [0, 0.05) is 18.3 Å². The van der Waals surface area contributed by atoms with E-state index in [0.29, 0.717) is 11.7 Å². The molecule has 0 bridgehead atoms. The zero-order valence-corrected chi connectivity index (χ0v) is 11.9. The highest BCUT2D eigenvalue weighted by atomic mass is 19.1. The molecule has 1 amide bonds. The van der Waals surface area contributed by atoms with Gasteiger partial charge < -0.3 is 10.6 Å². The Labute approximate surface area is 119 Å². The van der Waals surface area contributed by atoms with E-state index in [9.17, 15) is 9.18 Å². The van der Waals surface area contributed by atoms with Crippen LogP contribution >= 0.6 is 0 Å². The van der Waals surface area contributed by atoms with Crippen LogP contribution < -0.4 is 10.6 Å². The molecule has 0 saturated carbocycles. The Morgan fingerprint density at radius 1 is 1.40 bits per heavy atom. The van der Waals surface area contributed by atoms with Crippen molar-refractivity contribution >= 4 is 11.6 Å². The fourth-order valence-electron chi connectivity index (χ4n) is 2.63. The zero-order valence-electron chi connectivity index (χ0n) is 11.9. The third-order valence-electron chi connectivity index (χ3n) is 3.70. The highest BCUT2D eigenvalue weighted by molar-refractivity contribution is 5.92. The van der Waals surface area contributed by atoms with Crippen LogP contribution in [0.15, 0.2) is 24.3 Å². The molecule has 20 heavy (non-hydrogen) atoms. The first-order valence-corrected chi connectivity index (χ1v) is 7.19. The SMILES string of the molecule is CCN1CCCC1CNCC(=O)Nc1ccc(F)cc1. The molecule has 1 heterocycles. The third kappa shape index (κ3) is 4.28. The number of nitrogens with one attached hydrogen (secondary N) is 2. The van der Waals surface area contributed by atoms with Crippen LogP contribution in [0.2, 0.25) is 0 Å². The lowest BCUT2D eigenvalue weighted by Gasteiger charge is -2.22. The van der Waals surface area contributed by atoms with Crippen molar-refractivity contribution in [1.29, 1.82) is 0 Å². The molecule has 1 saturated heterocycles. The van der Waals surface area contributed by atoms with Crippen molar-refractivity contribution in [2.75, 3.05) is 31.5 Å². The quantitative estimate of drug-likeness (QED) is 0.835. The van der Waals surface area contributed by atoms with Crippen molar-refractivity contribution in [3.63, 3.8) is 0 Å². The highest BCUT2D eigenvalue weighted by Gasteiger charge is 2.22. The Morgan fingerprint density at radius 3 is 2.85 bits per heavy atom. The van der Waals surface area contributed by atoms with Crippen LogP contribution in [0.25, 0.3) is 0 Å². The van der Waals surface area contributed by atoms with Gasteiger partial charge in [-0.1, -0.05) is 6.92 Å². The molecular weight excluding hydrogens is 257 g/mol. The Morgan fingerprint density at radius 2 is 2.15 bits per heavy atom. The minimum Gasteiger partial charge on any atom is -0.325 e. The van der Waals surface area contributed by atoms with E-state index in [1.165, 1.54) is 25.0 Å². The van der Waals surface area contributed by atoms with Gasteiger partial charge in [0.15, 0.2) is 0 Å². The summed E-state index contributed by atoms with van der Waals surface area (Å²) in [5, 5.41) is 5.93. The van der Waals surface area contributed by atoms with Crippen LogP contribution in [-0.4, -0.2) is 43.0 Å². The zero-order chi connectivity index (χ0) is 14.4. The molecule has 1 aromatic carbocycles. The monoisotopic (exact) mass is 279 g/mol. The summed E-state index contributed by atoms with van der Waals surface area (Å²) in [7, 11) is 0. The molecule has 1 fully saturated rings. The average Bonchev–Trinajstić information content (AvgIpc) is 2.89. The number of likely N-dealkylation sites (tertiary alicyclic amines) is 1. The molecule has 1 aliphatic rings. The van der Waals surface area contributed by atoms with Gasteiger partial charge in [-0.15, -0.1) is 0 Å². The first-order valence-electron chi connectivity index (χ1n) is 7.19. The molecule has 1 atom stereocenters. The number of likely N-dealkylation sites (N-methyl/N-ethyl adjacent to an activating group) is 1. The molecule has 2 rings (SSSR count). The molecule has 1 unspecified atom stereocenters. The number of benzene rings is 1. The Balaban J connectivity index is 1.69. The van der Waals surface area contributed by atoms with Gasteiger partial charge in [-0.3, -0.25) is 9.69 Å². The minimum atomic E-state index is -0.304. The van der Waals surface area contributed by atoms with Crippen LogP contribution in [0, 0.1) is 5.82 Å². The molecule has 0 aromatic heterocycles. The van der Waals surface area contributed by atoms with Gasteiger partial charge in [-0.2, -0.15) is 0 Å². The normalized spacial score (nSPS) is 19.2. The van der Waals surface area contributed by atoms with E-state index in [1.54, 1.807) is 12.1 Å². The molecule has 0 aliphatic carbocycles. The lowest BCUT2D eigenvalue weighted by Crippen LogP contribution is -2.40. The standard InChI is InChI=1S/C15H22FN3O/c1-2-19-9-3-4-14(19)10-17-11-15(20)18-13-7-5-12(16)6-8-13/h5-8,14,17H,2-4,9-11H2,1H3,(H,18,20). The molecule has 2 N–H and O–H groups in total. The summed E-state index contributed by atoms with van der Waals surface area (Å²) in [6.45, 7) is 5.51. The predicted molar refractivity (Wildman–Crippen MR) is 78.2 cm³/mol. The van der Waals surface area contributed by atoms with Crippen LogP contribution in [0.4, 0.5) is 10.1 Å². The van der Waals surface area contributed by atoms with Gasteiger partial charge in [0.2, 0.25) is 5.91 Å². The fourth-order valence-corrected chi connectivity index (χ4v) is 2.63. The second-order valence-corrected chi connectivity index (χ2v) is 5.11. The van der Waals surface area contributed by atoms with Crippen molar-refractivity contribution in [2.45, 2.75) is 25.8 Å². The molecule has 0 radical (unpaired) electrons. The van der Waals surface area contributed by atoms with E-state index in [4.69, 9.17) is 0 Å². The maximum absolute atomic E-state index is 12.7. The van der Waals surface area contributed by atoms with Gasteiger partial charge in [0.1, 0.15) is 5.82 Å². The summed E-state index contributed by atoms with van der Waals surface area (Å²) in [6, 6.07) is 6.33. The van der Waals surface area contributed by atoms with E-state index >= 15 is 0 Å². The minimum absolute atomic E-state index is 0.0994. The average molecular weight is 279 g/mol. The lowest BCUT2D eigenvalue weighted by atomic mass is 10.2. The highest BCUT2D eigenvalue weighted by Crippen LogP contribution is 2.15. The van der Waals surface area contributed by atoms with Crippen LogP contribution in [0.3, 0.4) is 0 Å². The van der Waals surface area contributed by atoms with Gasteiger partial charge in [-0.25, -0.2) is 4.39 Å². The molecule has 5 heteroatoms.